The monoisotopic (exact) mass is 250 g/mol. The Morgan fingerprint density at radius 3 is 2.47 bits per heavy atom. The van der Waals surface area contributed by atoms with Crippen LogP contribution in [-0.4, -0.2) is 10.1 Å². The van der Waals surface area contributed by atoms with Gasteiger partial charge in [-0.15, -0.1) is 0 Å². The second-order valence-electron chi connectivity index (χ2n) is 4.49. The van der Waals surface area contributed by atoms with Crippen LogP contribution in [0.2, 0.25) is 0 Å². The SMILES string of the molecule is Nc1ccc(C(O)c2cccc3cccnc23)cc1. The number of rotatable bonds is 2. The average molecular weight is 250 g/mol. The first kappa shape index (κ1) is 11.7. The van der Waals surface area contributed by atoms with Crippen LogP contribution < -0.4 is 5.73 Å². The molecule has 3 nitrogen and oxygen atoms in total. The Morgan fingerprint density at radius 1 is 0.947 bits per heavy atom. The third kappa shape index (κ3) is 2.16. The lowest BCUT2D eigenvalue weighted by Crippen LogP contribution is -2.01. The highest BCUT2D eigenvalue weighted by atomic mass is 16.3. The molecule has 0 aliphatic carbocycles. The normalized spacial score (nSPS) is 12.5. The van der Waals surface area contributed by atoms with Crippen molar-refractivity contribution in [3.8, 4) is 0 Å². The number of anilines is 1. The number of nitrogen functional groups attached to an aromatic ring is 1. The van der Waals surface area contributed by atoms with E-state index in [1.54, 1.807) is 18.3 Å². The molecule has 0 amide bonds. The van der Waals surface area contributed by atoms with Crippen molar-refractivity contribution < 1.29 is 5.11 Å². The van der Waals surface area contributed by atoms with Crippen LogP contribution in [0.1, 0.15) is 17.2 Å². The van der Waals surface area contributed by atoms with E-state index >= 15 is 0 Å². The predicted molar refractivity (Wildman–Crippen MR) is 76.7 cm³/mol. The largest absolute Gasteiger partial charge is 0.399 e. The first-order valence-electron chi connectivity index (χ1n) is 6.13. The highest BCUT2D eigenvalue weighted by Crippen LogP contribution is 2.27. The van der Waals surface area contributed by atoms with E-state index < -0.39 is 6.10 Å². The molecule has 3 rings (SSSR count). The lowest BCUT2D eigenvalue weighted by molar-refractivity contribution is 0.221. The number of benzene rings is 2. The summed E-state index contributed by atoms with van der Waals surface area (Å²) in [4.78, 5) is 4.36. The molecule has 1 atom stereocenters. The van der Waals surface area contributed by atoms with Crippen molar-refractivity contribution in [3.05, 3.63) is 71.9 Å². The Morgan fingerprint density at radius 2 is 1.68 bits per heavy atom. The zero-order valence-electron chi connectivity index (χ0n) is 10.3. The summed E-state index contributed by atoms with van der Waals surface area (Å²) < 4.78 is 0. The van der Waals surface area contributed by atoms with Crippen LogP contribution in [-0.2, 0) is 0 Å². The summed E-state index contributed by atoms with van der Waals surface area (Å²) in [5.74, 6) is 0. The molecule has 0 saturated carbocycles. The molecule has 1 unspecified atom stereocenters. The molecular formula is C16H14N2O. The number of aliphatic hydroxyl groups is 1. The molecule has 19 heavy (non-hydrogen) atoms. The summed E-state index contributed by atoms with van der Waals surface area (Å²) in [6.07, 6.45) is 1.04. The third-order valence-corrected chi connectivity index (χ3v) is 3.21. The number of pyridine rings is 1. The number of nitrogens with zero attached hydrogens (tertiary/aromatic N) is 1. The van der Waals surface area contributed by atoms with Crippen molar-refractivity contribution in [2.45, 2.75) is 6.10 Å². The molecule has 0 aliphatic heterocycles. The van der Waals surface area contributed by atoms with Crippen LogP contribution in [0.5, 0.6) is 0 Å². The number of fused-ring (bicyclic) bond motifs is 1. The van der Waals surface area contributed by atoms with Crippen molar-refractivity contribution in [3.63, 3.8) is 0 Å². The predicted octanol–water partition coefficient (Wildman–Crippen LogP) is 2.90. The summed E-state index contributed by atoms with van der Waals surface area (Å²) in [6.45, 7) is 0. The van der Waals surface area contributed by atoms with Gasteiger partial charge in [0, 0.05) is 22.8 Å². The zero-order valence-corrected chi connectivity index (χ0v) is 10.3. The zero-order chi connectivity index (χ0) is 13.2. The molecule has 1 aromatic heterocycles. The van der Waals surface area contributed by atoms with Gasteiger partial charge in [0.2, 0.25) is 0 Å². The number of hydrogen-bond acceptors (Lipinski definition) is 3. The summed E-state index contributed by atoms with van der Waals surface area (Å²) in [5.41, 5.74) is 8.80. The Bertz CT molecular complexity index is 702. The van der Waals surface area contributed by atoms with E-state index in [4.69, 9.17) is 5.73 Å². The highest BCUT2D eigenvalue weighted by molar-refractivity contribution is 5.82. The van der Waals surface area contributed by atoms with E-state index in [9.17, 15) is 5.11 Å². The minimum Gasteiger partial charge on any atom is -0.399 e. The highest BCUT2D eigenvalue weighted by Gasteiger charge is 2.13. The van der Waals surface area contributed by atoms with Crippen molar-refractivity contribution in [2.24, 2.45) is 0 Å². The standard InChI is InChI=1S/C16H14N2O/c17-13-8-6-12(7-9-13)16(19)14-5-1-3-11-4-2-10-18-15(11)14/h1-10,16,19H,17H2. The molecule has 3 aromatic rings. The maximum Gasteiger partial charge on any atom is 0.106 e. The maximum absolute atomic E-state index is 10.5. The van der Waals surface area contributed by atoms with E-state index in [0.29, 0.717) is 5.69 Å². The summed E-state index contributed by atoms with van der Waals surface area (Å²) in [6, 6.07) is 16.9. The van der Waals surface area contributed by atoms with E-state index in [0.717, 1.165) is 22.0 Å². The molecule has 0 bridgehead atoms. The average Bonchev–Trinajstić information content (AvgIpc) is 2.47. The van der Waals surface area contributed by atoms with E-state index in [-0.39, 0.29) is 0 Å². The molecule has 0 radical (unpaired) electrons. The molecule has 3 heteroatoms. The second kappa shape index (κ2) is 4.71. The van der Waals surface area contributed by atoms with Crippen LogP contribution in [0.3, 0.4) is 0 Å². The molecule has 1 heterocycles. The van der Waals surface area contributed by atoms with Crippen LogP contribution in [0.4, 0.5) is 5.69 Å². The number of hydrogen-bond donors (Lipinski definition) is 2. The van der Waals surface area contributed by atoms with Gasteiger partial charge in [0.05, 0.1) is 5.52 Å². The van der Waals surface area contributed by atoms with Crippen molar-refractivity contribution in [1.82, 2.24) is 4.98 Å². The third-order valence-electron chi connectivity index (χ3n) is 3.21. The number of aromatic nitrogens is 1. The molecule has 0 aliphatic rings. The van der Waals surface area contributed by atoms with Gasteiger partial charge < -0.3 is 10.8 Å². The summed E-state index contributed by atoms with van der Waals surface area (Å²) >= 11 is 0. The van der Waals surface area contributed by atoms with Gasteiger partial charge in [0.1, 0.15) is 6.10 Å². The van der Waals surface area contributed by atoms with E-state index in [2.05, 4.69) is 4.98 Å². The molecule has 0 spiro atoms. The fourth-order valence-corrected chi connectivity index (χ4v) is 2.21. The van der Waals surface area contributed by atoms with Crippen molar-refractivity contribution >= 4 is 16.6 Å². The number of aliphatic hydroxyl groups excluding tert-OH is 1. The van der Waals surface area contributed by atoms with Crippen LogP contribution in [0.25, 0.3) is 10.9 Å². The summed E-state index contributed by atoms with van der Waals surface area (Å²) in [5, 5.41) is 11.5. The van der Waals surface area contributed by atoms with Crippen molar-refractivity contribution in [1.29, 1.82) is 0 Å². The smallest absolute Gasteiger partial charge is 0.106 e. The first-order chi connectivity index (χ1) is 9.25. The Balaban J connectivity index is 2.11. The fraction of sp³-hybridized carbons (Fsp3) is 0.0625. The van der Waals surface area contributed by atoms with Gasteiger partial charge in [-0.05, 0) is 23.8 Å². The topological polar surface area (TPSA) is 59.1 Å². The van der Waals surface area contributed by atoms with E-state index in [1.165, 1.54) is 0 Å². The van der Waals surface area contributed by atoms with Crippen LogP contribution in [0.15, 0.2) is 60.8 Å². The molecule has 0 saturated heterocycles. The van der Waals surface area contributed by atoms with Gasteiger partial charge in [-0.1, -0.05) is 36.4 Å². The van der Waals surface area contributed by atoms with Crippen LogP contribution >= 0.6 is 0 Å². The van der Waals surface area contributed by atoms with Crippen molar-refractivity contribution in [2.75, 3.05) is 5.73 Å². The Kier molecular flexibility index (Phi) is 2.89. The van der Waals surface area contributed by atoms with Gasteiger partial charge in [-0.25, -0.2) is 0 Å². The first-order valence-corrected chi connectivity index (χ1v) is 6.13. The Hall–Kier alpha value is -2.39. The minimum atomic E-state index is -0.695. The molecular weight excluding hydrogens is 236 g/mol. The lowest BCUT2D eigenvalue weighted by atomic mass is 9.99. The van der Waals surface area contributed by atoms with Gasteiger partial charge in [0.15, 0.2) is 0 Å². The number of para-hydroxylation sites is 1. The van der Waals surface area contributed by atoms with E-state index in [1.807, 2.05) is 42.5 Å². The summed E-state index contributed by atoms with van der Waals surface area (Å²) in [7, 11) is 0. The maximum atomic E-state index is 10.5. The van der Waals surface area contributed by atoms with Crippen LogP contribution in [0, 0.1) is 0 Å². The molecule has 3 N–H and O–H groups in total. The van der Waals surface area contributed by atoms with Gasteiger partial charge in [0.25, 0.3) is 0 Å². The fourth-order valence-electron chi connectivity index (χ4n) is 2.21. The number of nitrogens with two attached hydrogens (primary N) is 1. The quantitative estimate of drug-likeness (QED) is 0.687. The Labute approximate surface area is 111 Å². The second-order valence-corrected chi connectivity index (χ2v) is 4.49. The van der Waals surface area contributed by atoms with Gasteiger partial charge in [-0.3, -0.25) is 4.98 Å². The molecule has 2 aromatic carbocycles. The minimum absolute atomic E-state index is 0.687. The van der Waals surface area contributed by atoms with Gasteiger partial charge in [-0.2, -0.15) is 0 Å². The lowest BCUT2D eigenvalue weighted by Gasteiger charge is -2.13. The molecule has 0 fully saturated rings. The molecule has 94 valence electrons. The van der Waals surface area contributed by atoms with Gasteiger partial charge >= 0.3 is 0 Å².